The second kappa shape index (κ2) is 5.34. The van der Waals surface area contributed by atoms with Crippen molar-refractivity contribution >= 4 is 29.0 Å². The fourth-order valence-corrected chi connectivity index (χ4v) is 2.68. The topological polar surface area (TPSA) is 37.4 Å². The number of nitrogens with zero attached hydrogens (tertiary/aromatic N) is 1. The molecule has 1 amide bonds. The summed E-state index contributed by atoms with van der Waals surface area (Å²) in [4.78, 5) is 26.3. The summed E-state index contributed by atoms with van der Waals surface area (Å²) in [7, 11) is 0. The molecule has 0 radical (unpaired) electrons. The van der Waals surface area contributed by atoms with Crippen LogP contribution in [-0.4, -0.2) is 18.2 Å². The molecule has 3 rings (SSSR count). The van der Waals surface area contributed by atoms with Gasteiger partial charge >= 0.3 is 0 Å². The standard InChI is InChI=1S/C17H14ClNO2/c1-11-10-12(6-7-14(11)18)17(21)19-9-8-16(20)13-4-2-3-5-15(13)19/h2-7,10H,8-9H2,1H3. The van der Waals surface area contributed by atoms with Gasteiger partial charge in [-0.2, -0.15) is 0 Å². The minimum absolute atomic E-state index is 0.0851. The maximum absolute atomic E-state index is 12.7. The van der Waals surface area contributed by atoms with Crippen LogP contribution in [0.1, 0.15) is 32.7 Å². The van der Waals surface area contributed by atoms with Gasteiger partial charge in [0.1, 0.15) is 0 Å². The number of benzene rings is 2. The van der Waals surface area contributed by atoms with Crippen molar-refractivity contribution in [2.75, 3.05) is 11.4 Å². The van der Waals surface area contributed by atoms with E-state index in [0.717, 1.165) is 5.56 Å². The lowest BCUT2D eigenvalue weighted by Gasteiger charge is -2.28. The van der Waals surface area contributed by atoms with E-state index >= 15 is 0 Å². The van der Waals surface area contributed by atoms with E-state index in [0.29, 0.717) is 34.8 Å². The fourth-order valence-electron chi connectivity index (χ4n) is 2.56. The molecule has 0 atom stereocenters. The Bertz CT molecular complexity index is 739. The fraction of sp³-hybridized carbons (Fsp3) is 0.176. The van der Waals surface area contributed by atoms with Gasteiger partial charge in [0.2, 0.25) is 0 Å². The number of carbonyl (C=O) groups excluding carboxylic acids is 2. The Morgan fingerprint density at radius 1 is 1.19 bits per heavy atom. The highest BCUT2D eigenvalue weighted by molar-refractivity contribution is 6.31. The molecule has 1 heterocycles. The summed E-state index contributed by atoms with van der Waals surface area (Å²) < 4.78 is 0. The Kier molecular flexibility index (Phi) is 3.52. The molecule has 3 nitrogen and oxygen atoms in total. The summed E-state index contributed by atoms with van der Waals surface area (Å²) in [5, 5.41) is 0.640. The molecule has 21 heavy (non-hydrogen) atoms. The second-order valence-electron chi connectivity index (χ2n) is 5.11. The van der Waals surface area contributed by atoms with Gasteiger partial charge in [-0.3, -0.25) is 9.59 Å². The Hall–Kier alpha value is -2.13. The number of ketones is 1. The van der Waals surface area contributed by atoms with Gasteiger partial charge in [-0.1, -0.05) is 23.7 Å². The number of halogens is 1. The van der Waals surface area contributed by atoms with Gasteiger partial charge in [-0.25, -0.2) is 0 Å². The number of hydrogen-bond acceptors (Lipinski definition) is 2. The number of rotatable bonds is 1. The molecule has 4 heteroatoms. The molecular weight excluding hydrogens is 286 g/mol. The third-order valence-corrected chi connectivity index (χ3v) is 4.13. The number of anilines is 1. The van der Waals surface area contributed by atoms with Crippen molar-refractivity contribution in [3.8, 4) is 0 Å². The Balaban J connectivity index is 2.01. The van der Waals surface area contributed by atoms with Crippen LogP contribution in [0.4, 0.5) is 5.69 Å². The molecule has 0 saturated heterocycles. The van der Waals surface area contributed by atoms with Crippen LogP contribution in [-0.2, 0) is 0 Å². The molecule has 1 aliphatic rings. The van der Waals surface area contributed by atoms with Gasteiger partial charge in [0, 0.05) is 29.1 Å². The van der Waals surface area contributed by atoms with Gasteiger partial charge < -0.3 is 4.90 Å². The largest absolute Gasteiger partial charge is 0.307 e. The molecule has 0 aromatic heterocycles. The zero-order valence-corrected chi connectivity index (χ0v) is 12.4. The maximum atomic E-state index is 12.7. The number of amides is 1. The van der Waals surface area contributed by atoms with Crippen LogP contribution in [0.15, 0.2) is 42.5 Å². The summed E-state index contributed by atoms with van der Waals surface area (Å²) in [6.45, 7) is 2.28. The first kappa shape index (κ1) is 13.8. The lowest BCUT2D eigenvalue weighted by atomic mass is 9.99. The van der Waals surface area contributed by atoms with Gasteiger partial charge in [0.05, 0.1) is 5.69 Å². The highest BCUT2D eigenvalue weighted by Gasteiger charge is 2.27. The van der Waals surface area contributed by atoms with Crippen LogP contribution < -0.4 is 4.90 Å². The van der Waals surface area contributed by atoms with Crippen LogP contribution in [0.3, 0.4) is 0 Å². The van der Waals surface area contributed by atoms with E-state index in [4.69, 9.17) is 11.6 Å². The minimum atomic E-state index is -0.102. The number of para-hydroxylation sites is 1. The Morgan fingerprint density at radius 3 is 2.71 bits per heavy atom. The molecule has 0 bridgehead atoms. The van der Waals surface area contributed by atoms with Crippen LogP contribution in [0.25, 0.3) is 0 Å². The predicted octanol–water partition coefficient (Wildman–Crippen LogP) is 3.88. The van der Waals surface area contributed by atoms with Crippen LogP contribution in [0.2, 0.25) is 5.02 Å². The summed E-state index contributed by atoms with van der Waals surface area (Å²) in [5.41, 5.74) is 2.75. The molecule has 2 aromatic rings. The minimum Gasteiger partial charge on any atom is -0.307 e. The first-order chi connectivity index (χ1) is 10.1. The van der Waals surface area contributed by atoms with Gasteiger partial charge in [0.15, 0.2) is 5.78 Å². The Morgan fingerprint density at radius 2 is 1.95 bits per heavy atom. The van der Waals surface area contributed by atoms with E-state index in [1.165, 1.54) is 0 Å². The van der Waals surface area contributed by atoms with Crippen LogP contribution in [0.5, 0.6) is 0 Å². The van der Waals surface area contributed by atoms with E-state index in [-0.39, 0.29) is 11.7 Å². The average molecular weight is 300 g/mol. The normalized spacial score (nSPS) is 14.0. The predicted molar refractivity (Wildman–Crippen MR) is 83.3 cm³/mol. The SMILES string of the molecule is Cc1cc(C(=O)N2CCC(=O)c3ccccc32)ccc1Cl. The summed E-state index contributed by atoms with van der Waals surface area (Å²) in [6.07, 6.45) is 0.356. The number of Topliss-reactive ketones (excluding diaryl/α,β-unsaturated/α-hetero) is 1. The quantitative estimate of drug-likeness (QED) is 0.801. The van der Waals surface area contributed by atoms with Crippen molar-refractivity contribution in [3.05, 3.63) is 64.2 Å². The molecule has 106 valence electrons. The Labute approximate surface area is 128 Å². The zero-order chi connectivity index (χ0) is 15.0. The number of aryl methyl sites for hydroxylation is 1. The summed E-state index contributed by atoms with van der Waals surface area (Å²) in [6, 6.07) is 12.5. The molecule has 1 aliphatic heterocycles. The van der Waals surface area contributed by atoms with Crippen molar-refractivity contribution < 1.29 is 9.59 Å². The molecular formula is C17H14ClNO2. The average Bonchev–Trinajstić information content (AvgIpc) is 2.50. The molecule has 0 saturated carbocycles. The van der Waals surface area contributed by atoms with Crippen molar-refractivity contribution in [3.63, 3.8) is 0 Å². The third kappa shape index (κ3) is 2.45. The molecule has 0 N–H and O–H groups in total. The van der Waals surface area contributed by atoms with E-state index in [1.54, 1.807) is 29.2 Å². The number of hydrogen-bond donors (Lipinski definition) is 0. The van der Waals surface area contributed by atoms with Gasteiger partial charge in [-0.15, -0.1) is 0 Å². The second-order valence-corrected chi connectivity index (χ2v) is 5.52. The lowest BCUT2D eigenvalue weighted by molar-refractivity contribution is 0.0955. The smallest absolute Gasteiger partial charge is 0.258 e. The molecule has 0 fully saturated rings. The first-order valence-corrected chi connectivity index (χ1v) is 7.16. The molecule has 0 unspecified atom stereocenters. The summed E-state index contributed by atoms with van der Waals surface area (Å²) in [5.74, 6) is -0.0170. The first-order valence-electron chi connectivity index (χ1n) is 6.78. The zero-order valence-electron chi connectivity index (χ0n) is 11.6. The third-order valence-electron chi connectivity index (χ3n) is 3.71. The monoisotopic (exact) mass is 299 g/mol. The van der Waals surface area contributed by atoms with Crippen LogP contribution in [0, 0.1) is 6.92 Å². The van der Waals surface area contributed by atoms with Gasteiger partial charge in [-0.05, 0) is 42.8 Å². The van der Waals surface area contributed by atoms with E-state index in [9.17, 15) is 9.59 Å². The molecule has 0 spiro atoms. The lowest BCUT2D eigenvalue weighted by Crippen LogP contribution is -2.37. The van der Waals surface area contributed by atoms with E-state index in [1.807, 2.05) is 25.1 Å². The number of fused-ring (bicyclic) bond motifs is 1. The molecule has 0 aliphatic carbocycles. The highest BCUT2D eigenvalue weighted by Crippen LogP contribution is 2.28. The highest BCUT2D eigenvalue weighted by atomic mass is 35.5. The maximum Gasteiger partial charge on any atom is 0.258 e. The van der Waals surface area contributed by atoms with Crippen molar-refractivity contribution in [1.82, 2.24) is 0 Å². The van der Waals surface area contributed by atoms with Crippen LogP contribution >= 0.6 is 11.6 Å². The van der Waals surface area contributed by atoms with E-state index < -0.39 is 0 Å². The van der Waals surface area contributed by atoms with Gasteiger partial charge in [0.25, 0.3) is 5.91 Å². The number of carbonyl (C=O) groups is 2. The van der Waals surface area contributed by atoms with Crippen molar-refractivity contribution in [2.24, 2.45) is 0 Å². The summed E-state index contributed by atoms with van der Waals surface area (Å²) >= 11 is 6.00. The molecule has 2 aromatic carbocycles. The van der Waals surface area contributed by atoms with E-state index in [2.05, 4.69) is 0 Å². The van der Waals surface area contributed by atoms with Crippen molar-refractivity contribution in [1.29, 1.82) is 0 Å². The van der Waals surface area contributed by atoms with Crippen molar-refractivity contribution in [2.45, 2.75) is 13.3 Å².